The molecule has 0 radical (unpaired) electrons. The highest BCUT2D eigenvalue weighted by molar-refractivity contribution is 5.12. The van der Waals surface area contributed by atoms with Crippen LogP contribution < -0.4 is 0 Å². The largest absolute Gasteiger partial charge is 0.320 e. The number of rotatable bonds is 1. The van der Waals surface area contributed by atoms with Crippen molar-refractivity contribution in [3.8, 4) is 0 Å². The van der Waals surface area contributed by atoms with E-state index in [0.717, 1.165) is 11.7 Å². The lowest BCUT2D eigenvalue weighted by Gasteiger charge is -2.42. The molecule has 0 bridgehead atoms. The third-order valence-electron chi connectivity index (χ3n) is 2.85. The van der Waals surface area contributed by atoms with E-state index < -0.39 is 0 Å². The highest BCUT2D eigenvalue weighted by Gasteiger charge is 2.42. The van der Waals surface area contributed by atoms with Crippen molar-refractivity contribution >= 4 is 0 Å². The zero-order valence-corrected chi connectivity index (χ0v) is 7.91. The van der Waals surface area contributed by atoms with E-state index in [2.05, 4.69) is 24.0 Å². The van der Waals surface area contributed by atoms with E-state index in [1.54, 1.807) is 6.33 Å². The molecule has 3 heteroatoms. The predicted octanol–water partition coefficient (Wildman–Crippen LogP) is 1.50. The van der Waals surface area contributed by atoms with Crippen molar-refractivity contribution in [1.29, 1.82) is 0 Å². The monoisotopic (exact) mass is 165 g/mol. The van der Waals surface area contributed by atoms with Gasteiger partial charge >= 0.3 is 0 Å². The quantitative estimate of drug-likeness (QED) is 0.631. The molecule has 1 aliphatic rings. The number of hydrogen-bond acceptors (Lipinski definition) is 2. The van der Waals surface area contributed by atoms with Crippen molar-refractivity contribution in [2.75, 3.05) is 0 Å². The summed E-state index contributed by atoms with van der Waals surface area (Å²) in [7, 11) is 2.02. The highest BCUT2D eigenvalue weighted by atomic mass is 15.3. The molecule has 66 valence electrons. The molecule has 1 saturated carbocycles. The second-order valence-corrected chi connectivity index (χ2v) is 4.34. The minimum atomic E-state index is 0.296. The number of hydrogen-bond donors (Lipinski definition) is 0. The van der Waals surface area contributed by atoms with Crippen molar-refractivity contribution in [3.63, 3.8) is 0 Å². The molecule has 0 saturated heterocycles. The van der Waals surface area contributed by atoms with E-state index in [0.29, 0.717) is 5.41 Å². The van der Waals surface area contributed by atoms with Gasteiger partial charge in [0, 0.05) is 12.5 Å². The van der Waals surface area contributed by atoms with Crippen LogP contribution in [0.15, 0.2) is 6.33 Å². The van der Waals surface area contributed by atoms with Crippen LogP contribution in [0.5, 0.6) is 0 Å². The first kappa shape index (κ1) is 7.77. The molecule has 0 N–H and O–H groups in total. The summed E-state index contributed by atoms with van der Waals surface area (Å²) < 4.78 is 2.03. The Bertz CT molecular complexity index is 284. The number of aromatic nitrogens is 3. The van der Waals surface area contributed by atoms with Gasteiger partial charge in [0.1, 0.15) is 12.2 Å². The van der Waals surface area contributed by atoms with E-state index in [9.17, 15) is 0 Å². The predicted molar refractivity (Wildman–Crippen MR) is 46.8 cm³/mol. The molecule has 0 atom stereocenters. The molecule has 1 aliphatic carbocycles. The smallest absolute Gasteiger partial charge is 0.138 e. The van der Waals surface area contributed by atoms with E-state index in [1.165, 1.54) is 12.8 Å². The van der Waals surface area contributed by atoms with Gasteiger partial charge in [0.15, 0.2) is 0 Å². The SMILES string of the molecule is CC1CC(C)(c2nncn2C)C1. The Morgan fingerprint density at radius 1 is 1.58 bits per heavy atom. The molecule has 0 amide bonds. The molecule has 1 aromatic rings. The van der Waals surface area contributed by atoms with Gasteiger partial charge in [-0.15, -0.1) is 10.2 Å². The van der Waals surface area contributed by atoms with Crippen molar-refractivity contribution in [2.45, 2.75) is 32.1 Å². The van der Waals surface area contributed by atoms with Crippen LogP contribution in [0.1, 0.15) is 32.5 Å². The molecule has 3 nitrogen and oxygen atoms in total. The van der Waals surface area contributed by atoms with Gasteiger partial charge in [-0.2, -0.15) is 0 Å². The summed E-state index contributed by atoms with van der Waals surface area (Å²) in [4.78, 5) is 0. The standard InChI is InChI=1S/C9H15N3/c1-7-4-9(2,5-7)8-11-10-6-12(8)3/h6-7H,4-5H2,1-3H3. The zero-order chi connectivity index (χ0) is 8.77. The van der Waals surface area contributed by atoms with Gasteiger partial charge in [-0.1, -0.05) is 13.8 Å². The Kier molecular flexibility index (Phi) is 1.50. The minimum Gasteiger partial charge on any atom is -0.320 e. The van der Waals surface area contributed by atoms with Crippen LogP contribution in [0.4, 0.5) is 0 Å². The van der Waals surface area contributed by atoms with E-state index in [-0.39, 0.29) is 0 Å². The summed E-state index contributed by atoms with van der Waals surface area (Å²) in [6, 6.07) is 0. The fourth-order valence-electron chi connectivity index (χ4n) is 2.49. The summed E-state index contributed by atoms with van der Waals surface area (Å²) in [5.41, 5.74) is 0.296. The summed E-state index contributed by atoms with van der Waals surface area (Å²) in [6.07, 6.45) is 4.28. The Morgan fingerprint density at radius 3 is 2.67 bits per heavy atom. The first-order valence-electron chi connectivity index (χ1n) is 4.46. The van der Waals surface area contributed by atoms with Crippen LogP contribution in [0.25, 0.3) is 0 Å². The van der Waals surface area contributed by atoms with E-state index in [1.807, 2.05) is 11.6 Å². The van der Waals surface area contributed by atoms with E-state index >= 15 is 0 Å². The maximum absolute atomic E-state index is 4.16. The number of nitrogens with zero attached hydrogens (tertiary/aromatic N) is 3. The van der Waals surface area contributed by atoms with Crippen molar-refractivity contribution in [2.24, 2.45) is 13.0 Å². The van der Waals surface area contributed by atoms with Gasteiger partial charge < -0.3 is 4.57 Å². The first-order chi connectivity index (χ1) is 5.62. The van der Waals surface area contributed by atoms with Crippen LogP contribution in [0.3, 0.4) is 0 Å². The summed E-state index contributed by atoms with van der Waals surface area (Å²) in [6.45, 7) is 4.56. The summed E-state index contributed by atoms with van der Waals surface area (Å²) >= 11 is 0. The van der Waals surface area contributed by atoms with E-state index in [4.69, 9.17) is 0 Å². The van der Waals surface area contributed by atoms with Gasteiger partial charge in [-0.3, -0.25) is 0 Å². The topological polar surface area (TPSA) is 30.7 Å². The van der Waals surface area contributed by atoms with Gasteiger partial charge in [0.25, 0.3) is 0 Å². The molecule has 2 rings (SSSR count). The first-order valence-corrected chi connectivity index (χ1v) is 4.46. The lowest BCUT2D eigenvalue weighted by Crippen LogP contribution is -2.39. The van der Waals surface area contributed by atoms with Gasteiger partial charge in [-0.25, -0.2) is 0 Å². The van der Waals surface area contributed by atoms with Gasteiger partial charge in [-0.05, 0) is 18.8 Å². The lowest BCUT2D eigenvalue weighted by atomic mass is 9.63. The molecule has 1 heterocycles. The van der Waals surface area contributed by atoms with Gasteiger partial charge in [0.2, 0.25) is 0 Å². The maximum atomic E-state index is 4.16. The lowest BCUT2D eigenvalue weighted by molar-refractivity contribution is 0.163. The number of aryl methyl sites for hydroxylation is 1. The second kappa shape index (κ2) is 2.31. The molecule has 0 unspecified atom stereocenters. The Morgan fingerprint density at radius 2 is 2.25 bits per heavy atom. The molecule has 12 heavy (non-hydrogen) atoms. The van der Waals surface area contributed by atoms with Crippen molar-refractivity contribution in [3.05, 3.63) is 12.2 Å². The van der Waals surface area contributed by atoms with Crippen LogP contribution in [-0.4, -0.2) is 14.8 Å². The molecule has 0 aliphatic heterocycles. The normalized spacial score (nSPS) is 34.8. The van der Waals surface area contributed by atoms with Gasteiger partial charge in [0.05, 0.1) is 0 Å². The minimum absolute atomic E-state index is 0.296. The third kappa shape index (κ3) is 0.958. The molecule has 1 fully saturated rings. The average Bonchev–Trinajstić information content (AvgIpc) is 2.32. The molecule has 0 spiro atoms. The Labute approximate surface area is 72.8 Å². The molecule has 0 aromatic carbocycles. The molecule has 1 aromatic heterocycles. The Hall–Kier alpha value is -0.860. The van der Waals surface area contributed by atoms with Crippen LogP contribution >= 0.6 is 0 Å². The van der Waals surface area contributed by atoms with Crippen LogP contribution in [0.2, 0.25) is 0 Å². The van der Waals surface area contributed by atoms with Crippen LogP contribution in [0, 0.1) is 5.92 Å². The third-order valence-corrected chi connectivity index (χ3v) is 2.85. The van der Waals surface area contributed by atoms with Crippen molar-refractivity contribution in [1.82, 2.24) is 14.8 Å². The van der Waals surface area contributed by atoms with Crippen LogP contribution in [-0.2, 0) is 12.5 Å². The Balaban J connectivity index is 2.26. The fraction of sp³-hybridized carbons (Fsp3) is 0.778. The summed E-state index contributed by atoms with van der Waals surface area (Å²) in [5, 5.41) is 8.06. The zero-order valence-electron chi connectivity index (χ0n) is 7.91. The fourth-order valence-corrected chi connectivity index (χ4v) is 2.49. The summed E-state index contributed by atoms with van der Waals surface area (Å²) in [5.74, 6) is 1.99. The molecular formula is C9H15N3. The van der Waals surface area contributed by atoms with Crippen molar-refractivity contribution < 1.29 is 0 Å². The highest BCUT2D eigenvalue weighted by Crippen LogP contribution is 2.45. The second-order valence-electron chi connectivity index (χ2n) is 4.34. The average molecular weight is 165 g/mol. The maximum Gasteiger partial charge on any atom is 0.138 e. The molecular weight excluding hydrogens is 150 g/mol.